The normalized spacial score (nSPS) is 22.7. The second-order valence-electron chi connectivity index (χ2n) is 5.75. The van der Waals surface area contributed by atoms with Gasteiger partial charge in [-0.3, -0.25) is 9.89 Å². The van der Waals surface area contributed by atoms with Crippen molar-refractivity contribution in [2.24, 2.45) is 5.92 Å². The fourth-order valence-electron chi connectivity index (χ4n) is 2.54. The third-order valence-electron chi connectivity index (χ3n) is 3.68. The number of β-amino-alcohol motifs (C(OH)–C–C–N with tert-alkyl or cyclic N) is 1. The van der Waals surface area contributed by atoms with Crippen LogP contribution in [0.4, 0.5) is 0 Å². The van der Waals surface area contributed by atoms with Crippen molar-refractivity contribution in [1.82, 2.24) is 15.1 Å². The Morgan fingerprint density at radius 2 is 2.24 bits per heavy atom. The minimum Gasteiger partial charge on any atom is -0.391 e. The van der Waals surface area contributed by atoms with Crippen molar-refractivity contribution in [1.29, 1.82) is 0 Å². The summed E-state index contributed by atoms with van der Waals surface area (Å²) in [7, 11) is -3.15. The highest BCUT2D eigenvalue weighted by molar-refractivity contribution is 7.90. The van der Waals surface area contributed by atoms with E-state index in [4.69, 9.17) is 0 Å². The molecule has 0 bridgehead atoms. The van der Waals surface area contributed by atoms with E-state index in [1.54, 1.807) is 4.90 Å². The van der Waals surface area contributed by atoms with Crippen molar-refractivity contribution in [2.45, 2.75) is 25.9 Å². The quantitative estimate of drug-likeness (QED) is 0.763. The highest BCUT2D eigenvalue weighted by Crippen LogP contribution is 2.21. The first-order valence-corrected chi connectivity index (χ1v) is 8.95. The Labute approximate surface area is 124 Å². The van der Waals surface area contributed by atoms with E-state index in [2.05, 4.69) is 10.2 Å². The molecule has 0 aromatic carbocycles. The van der Waals surface area contributed by atoms with E-state index in [-0.39, 0.29) is 30.5 Å². The molecule has 2 N–H and O–H groups in total. The summed E-state index contributed by atoms with van der Waals surface area (Å²) >= 11 is 0. The summed E-state index contributed by atoms with van der Waals surface area (Å²) in [6, 6.07) is 1.92. The lowest BCUT2D eigenvalue weighted by Crippen LogP contribution is -2.30. The number of amides is 1. The van der Waals surface area contributed by atoms with Crippen LogP contribution in [-0.4, -0.2) is 65.7 Å². The van der Waals surface area contributed by atoms with Gasteiger partial charge in [0.15, 0.2) is 0 Å². The molecule has 8 heteroatoms. The number of aromatic amines is 1. The Morgan fingerprint density at radius 1 is 1.52 bits per heavy atom. The molecule has 7 nitrogen and oxygen atoms in total. The van der Waals surface area contributed by atoms with E-state index < -0.39 is 15.9 Å². The lowest BCUT2D eigenvalue weighted by Gasteiger charge is -2.15. The van der Waals surface area contributed by atoms with Crippen LogP contribution >= 0.6 is 0 Å². The number of carbonyl (C=O) groups is 1. The molecule has 1 saturated heterocycles. The number of carbonyl (C=O) groups excluding carboxylic acids is 1. The number of hydrogen-bond donors (Lipinski definition) is 2. The summed E-state index contributed by atoms with van der Waals surface area (Å²) in [5.74, 6) is -0.433. The van der Waals surface area contributed by atoms with Gasteiger partial charge in [-0.15, -0.1) is 0 Å². The van der Waals surface area contributed by atoms with Crippen molar-refractivity contribution in [3.63, 3.8) is 0 Å². The molecule has 0 saturated carbocycles. The van der Waals surface area contributed by atoms with E-state index in [0.29, 0.717) is 13.0 Å². The maximum atomic E-state index is 12.0. The van der Waals surface area contributed by atoms with Crippen molar-refractivity contribution < 1.29 is 18.3 Å². The lowest BCUT2D eigenvalue weighted by atomic mass is 10.0. The Morgan fingerprint density at radius 3 is 2.81 bits per heavy atom. The predicted molar refractivity (Wildman–Crippen MR) is 77.4 cm³/mol. The third-order valence-corrected chi connectivity index (χ3v) is 4.62. The monoisotopic (exact) mass is 315 g/mol. The summed E-state index contributed by atoms with van der Waals surface area (Å²) in [6.45, 7) is 2.61. The van der Waals surface area contributed by atoms with Gasteiger partial charge in [0.1, 0.15) is 9.84 Å². The van der Waals surface area contributed by atoms with Crippen molar-refractivity contribution in [3.05, 3.63) is 17.5 Å². The van der Waals surface area contributed by atoms with Crippen molar-refractivity contribution in [2.75, 3.05) is 25.1 Å². The molecule has 1 aliphatic heterocycles. The van der Waals surface area contributed by atoms with Crippen LogP contribution in [0.2, 0.25) is 0 Å². The van der Waals surface area contributed by atoms with Crippen molar-refractivity contribution >= 4 is 15.7 Å². The fraction of sp³-hybridized carbons (Fsp3) is 0.692. The largest absolute Gasteiger partial charge is 0.391 e. The van der Waals surface area contributed by atoms with Gasteiger partial charge in [0.05, 0.1) is 17.6 Å². The first kappa shape index (κ1) is 16.0. The molecular formula is C13H21N3O4S. The second-order valence-corrected chi connectivity index (χ2v) is 8.01. The van der Waals surface area contributed by atoms with Gasteiger partial charge in [0.2, 0.25) is 5.91 Å². The topological polar surface area (TPSA) is 103 Å². The van der Waals surface area contributed by atoms with Gasteiger partial charge in [0, 0.05) is 37.4 Å². The van der Waals surface area contributed by atoms with Crippen LogP contribution in [0.5, 0.6) is 0 Å². The summed E-state index contributed by atoms with van der Waals surface area (Å²) in [5, 5.41) is 17.0. The molecule has 0 spiro atoms. The molecule has 2 rings (SSSR count). The number of nitrogens with zero attached hydrogens (tertiary/aromatic N) is 2. The number of aliphatic hydroxyl groups is 1. The predicted octanol–water partition coefficient (Wildman–Crippen LogP) is -0.485. The molecule has 1 aromatic heterocycles. The van der Waals surface area contributed by atoms with Gasteiger partial charge in [-0.1, -0.05) is 0 Å². The van der Waals surface area contributed by atoms with Crippen LogP contribution in [-0.2, 0) is 21.1 Å². The molecule has 1 amide bonds. The van der Waals surface area contributed by atoms with Crippen LogP contribution in [0, 0.1) is 12.8 Å². The number of aromatic nitrogens is 2. The maximum Gasteiger partial charge on any atom is 0.223 e. The van der Waals surface area contributed by atoms with Gasteiger partial charge in [0.25, 0.3) is 0 Å². The first-order chi connectivity index (χ1) is 9.74. The number of likely N-dealkylation sites (tertiary alicyclic amines) is 1. The van der Waals surface area contributed by atoms with E-state index in [1.165, 1.54) is 0 Å². The Balaban J connectivity index is 1.89. The molecule has 21 heavy (non-hydrogen) atoms. The summed E-state index contributed by atoms with van der Waals surface area (Å²) in [5.41, 5.74) is 1.82. The molecule has 2 heterocycles. The second kappa shape index (κ2) is 6.15. The summed E-state index contributed by atoms with van der Waals surface area (Å²) in [6.07, 6.45) is 1.09. The van der Waals surface area contributed by atoms with Gasteiger partial charge in [-0.05, 0) is 19.4 Å². The van der Waals surface area contributed by atoms with Gasteiger partial charge < -0.3 is 10.0 Å². The van der Waals surface area contributed by atoms with E-state index in [9.17, 15) is 18.3 Å². The molecule has 1 fully saturated rings. The van der Waals surface area contributed by atoms with Crippen LogP contribution in [0.25, 0.3) is 0 Å². The summed E-state index contributed by atoms with van der Waals surface area (Å²) < 4.78 is 22.2. The molecular weight excluding hydrogens is 294 g/mol. The van der Waals surface area contributed by atoms with Crippen LogP contribution in [0.3, 0.4) is 0 Å². The number of nitrogens with one attached hydrogen (secondary N) is 1. The van der Waals surface area contributed by atoms with Gasteiger partial charge >= 0.3 is 0 Å². The number of H-pyrrole nitrogens is 1. The van der Waals surface area contributed by atoms with E-state index in [1.807, 2.05) is 13.0 Å². The Bertz CT molecular complexity index is 611. The highest BCUT2D eigenvalue weighted by atomic mass is 32.2. The minimum atomic E-state index is -3.15. The van der Waals surface area contributed by atoms with Crippen LogP contribution in [0.1, 0.15) is 17.8 Å². The third kappa shape index (κ3) is 4.53. The molecule has 2 atom stereocenters. The number of sulfone groups is 1. The number of hydrogen-bond acceptors (Lipinski definition) is 5. The summed E-state index contributed by atoms with van der Waals surface area (Å²) in [4.78, 5) is 13.5. The average molecular weight is 315 g/mol. The zero-order valence-corrected chi connectivity index (χ0v) is 13.1. The lowest BCUT2D eigenvalue weighted by molar-refractivity contribution is -0.130. The molecule has 0 radical (unpaired) electrons. The molecule has 0 aliphatic carbocycles. The smallest absolute Gasteiger partial charge is 0.223 e. The highest BCUT2D eigenvalue weighted by Gasteiger charge is 2.34. The molecule has 1 aromatic rings. The van der Waals surface area contributed by atoms with Gasteiger partial charge in [-0.2, -0.15) is 5.10 Å². The zero-order chi connectivity index (χ0) is 15.6. The first-order valence-electron chi connectivity index (χ1n) is 6.89. The minimum absolute atomic E-state index is 0.0280. The standard InChI is InChI=1S/C13H21N3O4S/c1-9-5-11(15-14-9)6-10-7-16(8-12(10)17)13(18)3-4-21(2,19)20/h5,10,12,17H,3-4,6-8H2,1-2H3,(H,14,15)/t10-,12-/m1/s1. The average Bonchev–Trinajstić information content (AvgIpc) is 2.93. The molecule has 1 aliphatic rings. The number of aliphatic hydroxyl groups excluding tert-OH is 1. The van der Waals surface area contributed by atoms with Crippen LogP contribution < -0.4 is 0 Å². The fourth-order valence-corrected chi connectivity index (χ4v) is 3.08. The maximum absolute atomic E-state index is 12.0. The number of rotatable bonds is 5. The van der Waals surface area contributed by atoms with E-state index in [0.717, 1.165) is 17.6 Å². The van der Waals surface area contributed by atoms with Crippen LogP contribution in [0.15, 0.2) is 6.07 Å². The Kier molecular flexibility index (Phi) is 4.67. The van der Waals surface area contributed by atoms with Crippen molar-refractivity contribution in [3.8, 4) is 0 Å². The molecule has 118 valence electrons. The molecule has 0 unspecified atom stereocenters. The van der Waals surface area contributed by atoms with E-state index >= 15 is 0 Å². The van der Waals surface area contributed by atoms with Gasteiger partial charge in [-0.25, -0.2) is 8.42 Å². The Hall–Kier alpha value is -1.41. The number of aryl methyl sites for hydroxylation is 1. The SMILES string of the molecule is Cc1cc(C[C@@H]2CN(C(=O)CCS(C)(=O)=O)C[C@H]2O)n[nH]1. The zero-order valence-electron chi connectivity index (χ0n) is 12.2.